The Labute approximate surface area is 79.5 Å². The van der Waals surface area contributed by atoms with E-state index in [1.165, 1.54) is 0 Å². The third kappa shape index (κ3) is 5.75. The van der Waals surface area contributed by atoms with Gasteiger partial charge in [0.15, 0.2) is 0 Å². The molecule has 11 heavy (non-hydrogen) atoms. The molecule has 1 rings (SSSR count). The van der Waals surface area contributed by atoms with E-state index in [1.54, 1.807) is 0 Å². The number of hydrogen-bond acceptors (Lipinski definition) is 3. The summed E-state index contributed by atoms with van der Waals surface area (Å²) in [6, 6.07) is 0. The van der Waals surface area contributed by atoms with Crippen molar-refractivity contribution in [3.8, 4) is 0 Å². The van der Waals surface area contributed by atoms with E-state index < -0.39 is 12.1 Å². The molecule has 0 amide bonds. The van der Waals surface area contributed by atoms with Gasteiger partial charge in [0.05, 0.1) is 12.1 Å². The summed E-state index contributed by atoms with van der Waals surface area (Å²) >= 11 is 0.382. The molecule has 0 aromatic heterocycles. The van der Waals surface area contributed by atoms with Crippen molar-refractivity contribution >= 4 is 26.3 Å². The van der Waals surface area contributed by atoms with E-state index in [1.807, 2.05) is 0 Å². The Morgan fingerprint density at radius 2 is 2.18 bits per heavy atom. The monoisotopic (exact) mass is 244 g/mol. The van der Waals surface area contributed by atoms with Crippen LogP contribution in [0.2, 0.25) is 0 Å². The van der Waals surface area contributed by atoms with Gasteiger partial charge in [0.1, 0.15) is 0 Å². The van der Waals surface area contributed by atoms with E-state index in [-0.39, 0.29) is 0 Å². The molecule has 0 saturated carbocycles. The van der Waals surface area contributed by atoms with Crippen LogP contribution in [-0.4, -0.2) is 18.7 Å². The Morgan fingerprint density at radius 3 is 2.36 bits per heavy atom. The first kappa shape index (κ1) is 11.5. The van der Waals surface area contributed by atoms with Gasteiger partial charge in [-0.2, -0.15) is 0 Å². The van der Waals surface area contributed by atoms with Crippen molar-refractivity contribution in [2.75, 3.05) is 6.61 Å². The molecule has 1 unspecified atom stereocenters. The predicted octanol–water partition coefficient (Wildman–Crippen LogP) is 0.292. The fraction of sp³-hybridized carbons (Fsp3) is 0.800. The topological polar surface area (TPSA) is 49.4 Å². The number of carbonyl (C=O) groups is 1. The van der Waals surface area contributed by atoms with Crippen LogP contribution in [0.25, 0.3) is 0 Å². The molecule has 1 aliphatic rings. The molecule has 1 aliphatic heterocycles. The number of carboxylic acids is 1. The van der Waals surface area contributed by atoms with E-state index in [0.717, 1.165) is 6.42 Å². The number of rotatable bonds is 1. The standard InChI is InChI=1S/C5H8O3.2ClH.Co/c6-5(7)4-2-1-3-8-4;;;/h4H,1-3H2,(H,6,7);2*1H;/q;;;+3/p-3. The van der Waals surface area contributed by atoms with Gasteiger partial charge in [-0.15, -0.1) is 0 Å². The molecule has 0 N–H and O–H groups in total. The summed E-state index contributed by atoms with van der Waals surface area (Å²) in [5, 5.41) is 9.97. The Bertz CT molecular complexity index is 116. The minimum absolute atomic E-state index is 0.382. The molecule has 1 fully saturated rings. The predicted molar refractivity (Wildman–Crippen MR) is 35.7 cm³/mol. The van der Waals surface area contributed by atoms with Crippen LogP contribution >= 0.6 is 20.3 Å². The zero-order valence-corrected chi connectivity index (χ0v) is 8.07. The van der Waals surface area contributed by atoms with Crippen LogP contribution in [0.5, 0.6) is 0 Å². The van der Waals surface area contributed by atoms with Gasteiger partial charge in [-0.1, -0.05) is 0 Å². The molecule has 1 saturated heterocycles. The van der Waals surface area contributed by atoms with Crippen LogP contribution in [0, 0.1) is 0 Å². The number of halogens is 2. The molecule has 0 spiro atoms. The van der Waals surface area contributed by atoms with Crippen LogP contribution in [0.4, 0.5) is 0 Å². The third-order valence-corrected chi connectivity index (χ3v) is 1.19. The van der Waals surface area contributed by atoms with E-state index in [2.05, 4.69) is 0 Å². The second-order valence-corrected chi connectivity index (χ2v) is 3.59. The zero-order valence-electron chi connectivity index (χ0n) is 5.51. The van der Waals surface area contributed by atoms with Crippen molar-refractivity contribution in [1.29, 1.82) is 0 Å². The molecule has 1 heterocycles. The van der Waals surface area contributed by atoms with Crippen LogP contribution < -0.4 is 5.11 Å². The van der Waals surface area contributed by atoms with E-state index >= 15 is 0 Å². The maximum absolute atomic E-state index is 9.97. The zero-order chi connectivity index (χ0) is 8.69. The van der Waals surface area contributed by atoms with Gasteiger partial charge >= 0.3 is 33.2 Å². The average Bonchev–Trinajstić information content (AvgIpc) is 2.38. The fourth-order valence-electron chi connectivity index (χ4n) is 0.764. The van der Waals surface area contributed by atoms with E-state index in [0.29, 0.717) is 25.9 Å². The molecule has 0 radical (unpaired) electrons. The van der Waals surface area contributed by atoms with Gasteiger partial charge < -0.3 is 14.6 Å². The number of carbonyl (C=O) groups excluding carboxylic acids is 1. The SMILES string of the molecule is O=C([O-])C1CCCO1.[Cl][Co+][Cl]. The Morgan fingerprint density at radius 1 is 1.64 bits per heavy atom. The van der Waals surface area contributed by atoms with Gasteiger partial charge in [-0.25, -0.2) is 0 Å². The van der Waals surface area contributed by atoms with Gasteiger partial charge in [-0.3, -0.25) is 0 Å². The Balaban J connectivity index is 0.000000292. The number of carboxylic acid groups (broad SMARTS) is 1. The van der Waals surface area contributed by atoms with Crippen LogP contribution in [0.3, 0.4) is 0 Å². The van der Waals surface area contributed by atoms with E-state index in [9.17, 15) is 9.90 Å². The molecule has 0 aromatic carbocycles. The van der Waals surface area contributed by atoms with E-state index in [4.69, 9.17) is 25.0 Å². The molecule has 0 aliphatic carbocycles. The summed E-state index contributed by atoms with van der Waals surface area (Å²) in [7, 11) is 9.47. The van der Waals surface area contributed by atoms with Crippen molar-refractivity contribution in [2.45, 2.75) is 18.9 Å². The first-order valence-electron chi connectivity index (χ1n) is 2.88. The summed E-state index contributed by atoms with van der Waals surface area (Å²) in [4.78, 5) is 9.97. The van der Waals surface area contributed by atoms with Gasteiger partial charge in [0, 0.05) is 6.61 Å². The molecule has 68 valence electrons. The second kappa shape index (κ2) is 7.18. The van der Waals surface area contributed by atoms with Gasteiger partial charge in [-0.05, 0) is 12.8 Å². The summed E-state index contributed by atoms with van der Waals surface area (Å²) in [6.45, 7) is 0.568. The first-order chi connectivity index (χ1) is 5.22. The summed E-state index contributed by atoms with van der Waals surface area (Å²) in [5.74, 6) is -1.08. The van der Waals surface area contributed by atoms with Crippen molar-refractivity contribution in [2.24, 2.45) is 0 Å². The quantitative estimate of drug-likeness (QED) is 0.667. The maximum atomic E-state index is 9.97. The van der Waals surface area contributed by atoms with Crippen molar-refractivity contribution in [3.63, 3.8) is 0 Å². The van der Waals surface area contributed by atoms with Gasteiger partial charge in [0.2, 0.25) is 0 Å². The van der Waals surface area contributed by atoms with Crippen molar-refractivity contribution in [3.05, 3.63) is 0 Å². The summed E-state index contributed by atoms with van der Waals surface area (Å²) in [5.41, 5.74) is 0. The molecule has 0 bridgehead atoms. The summed E-state index contributed by atoms with van der Waals surface area (Å²) in [6.07, 6.45) is 0.830. The Hall–Kier alpha value is 0.516. The first-order valence-corrected chi connectivity index (χ1v) is 5.75. The van der Waals surface area contributed by atoms with Crippen LogP contribution in [0.1, 0.15) is 12.8 Å². The summed E-state index contributed by atoms with van der Waals surface area (Å²) < 4.78 is 4.75. The molecule has 3 nitrogen and oxygen atoms in total. The third-order valence-electron chi connectivity index (χ3n) is 1.19. The van der Waals surface area contributed by atoms with Crippen LogP contribution in [-0.2, 0) is 22.4 Å². The molecule has 1 atom stereocenters. The van der Waals surface area contributed by atoms with Crippen LogP contribution in [0.15, 0.2) is 0 Å². The number of hydrogen-bond donors (Lipinski definition) is 0. The second-order valence-electron chi connectivity index (χ2n) is 1.87. The van der Waals surface area contributed by atoms with Crippen molar-refractivity contribution < 1.29 is 27.5 Å². The van der Waals surface area contributed by atoms with Crippen molar-refractivity contribution in [1.82, 2.24) is 0 Å². The molecular weight excluding hydrogens is 238 g/mol. The number of ether oxygens (including phenoxy) is 1. The fourth-order valence-corrected chi connectivity index (χ4v) is 0.764. The minimum atomic E-state index is -1.08. The van der Waals surface area contributed by atoms with Gasteiger partial charge in [0.25, 0.3) is 0 Å². The molecular formula is C5H7Cl2CoO3. The molecule has 0 aromatic rings. The molecule has 6 heteroatoms. The Kier molecular flexibility index (Phi) is 7.52. The normalized spacial score (nSPS) is 22.5. The average molecular weight is 245 g/mol. The number of aliphatic carboxylic acids is 1.